The number of aliphatic carboxylic acids is 1. The number of carbonyl (C=O) groups excluding carboxylic acids is 3. The topological polar surface area (TPSA) is 229 Å². The van der Waals surface area contributed by atoms with Crippen molar-refractivity contribution in [3.05, 3.63) is 53.2 Å². The number of nitrogens with two attached hydrogens (primary N) is 1. The molecular formula is C24H20N7NaO8S3. The van der Waals surface area contributed by atoms with Crippen LogP contribution in [0.1, 0.15) is 5.69 Å². The van der Waals surface area contributed by atoms with E-state index in [4.69, 9.17) is 15.0 Å². The molecule has 19 heteroatoms. The number of hydrogen-bond donors (Lipinski definition) is 4. The monoisotopic (exact) mass is 653 g/mol. The predicted octanol–water partition coefficient (Wildman–Crippen LogP) is -2.71. The van der Waals surface area contributed by atoms with Crippen molar-refractivity contribution in [3.63, 3.8) is 0 Å². The number of fused-ring (bicyclic) bond motifs is 1. The van der Waals surface area contributed by atoms with Crippen molar-refractivity contribution < 1.29 is 68.5 Å². The Bertz CT molecular complexity index is 1640. The minimum atomic E-state index is -1.54. The van der Waals surface area contributed by atoms with Crippen LogP contribution in [-0.2, 0) is 19.2 Å². The first kappa shape index (κ1) is 32.4. The maximum atomic E-state index is 13.1. The fourth-order valence-corrected chi connectivity index (χ4v) is 6.73. The van der Waals surface area contributed by atoms with Gasteiger partial charge in [-0.05, 0) is 23.8 Å². The summed E-state index contributed by atoms with van der Waals surface area (Å²) >= 11 is 3.40. The second-order valence-corrected chi connectivity index (χ2v) is 11.5. The second-order valence-electron chi connectivity index (χ2n) is 8.56. The zero-order chi connectivity index (χ0) is 30.0. The molecule has 0 radical (unpaired) electrons. The third kappa shape index (κ3) is 6.84. The normalized spacial score (nSPS) is 17.9. The Morgan fingerprint density at radius 2 is 2.14 bits per heavy atom. The van der Waals surface area contributed by atoms with Gasteiger partial charge in [-0.1, -0.05) is 29.6 Å². The number of nitrogens with one attached hydrogen (secondary N) is 1. The second kappa shape index (κ2) is 13.8. The minimum absolute atomic E-state index is 0. The molecule has 1 saturated heterocycles. The number of oxime groups is 1. The van der Waals surface area contributed by atoms with Crippen LogP contribution in [0.5, 0.6) is 11.5 Å². The molecule has 43 heavy (non-hydrogen) atoms. The largest absolute Gasteiger partial charge is 1.00 e. The molecule has 0 saturated carbocycles. The number of phenols is 2. The zero-order valence-corrected chi connectivity index (χ0v) is 26.7. The van der Waals surface area contributed by atoms with Crippen LogP contribution in [0.4, 0.5) is 5.13 Å². The van der Waals surface area contributed by atoms with Gasteiger partial charge in [0.25, 0.3) is 17.0 Å². The fraction of sp³-hybridized carbons (Fsp3) is 0.208. The van der Waals surface area contributed by atoms with E-state index in [1.54, 1.807) is 0 Å². The standard InChI is InChI=1S/C24H21N7O8S3.Na/c1-2-5-38-30-15(12-9-41-23(25)26-12)18(34)27-16-20(35)31-17(22(36)37)11(7-40-21(16)31)8-42-24-29-28-19(39-24)10-3-4-13(32)14(33)6-10;/h2-4,6,9,16,21,32-33H,1,5,7-8H2,(H2,25,26)(H,27,34)(H,36,37);/q;+1/p-1/t16-,21-;/m1./s1. The Morgan fingerprint density at radius 1 is 1.35 bits per heavy atom. The van der Waals surface area contributed by atoms with Crippen LogP contribution in [0.15, 0.2) is 62.3 Å². The number of nitrogens with zero attached hydrogens (tertiary/aromatic N) is 5. The number of carboxylic acid groups (broad SMARTS) is 1. The van der Waals surface area contributed by atoms with Crippen LogP contribution in [0, 0.1) is 0 Å². The summed E-state index contributed by atoms with van der Waals surface area (Å²) in [5.41, 5.74) is 6.09. The summed E-state index contributed by atoms with van der Waals surface area (Å²) in [6.07, 6.45) is 1.43. The minimum Gasteiger partial charge on any atom is -0.543 e. The number of aromatic nitrogens is 3. The predicted molar refractivity (Wildman–Crippen MR) is 150 cm³/mol. The fourth-order valence-electron chi connectivity index (χ4n) is 3.94. The summed E-state index contributed by atoms with van der Waals surface area (Å²) in [7, 11) is 0. The third-order valence-corrected chi connectivity index (χ3v) is 8.77. The van der Waals surface area contributed by atoms with Crippen LogP contribution in [0.3, 0.4) is 0 Å². The first-order chi connectivity index (χ1) is 20.2. The number of anilines is 1. The molecule has 1 aromatic carbocycles. The number of benzene rings is 1. The van der Waals surface area contributed by atoms with E-state index in [0.29, 0.717) is 11.1 Å². The molecule has 4 heterocycles. The molecule has 0 spiro atoms. The molecule has 2 amide bonds. The van der Waals surface area contributed by atoms with Crippen molar-refractivity contribution >= 4 is 63.5 Å². The van der Waals surface area contributed by atoms with E-state index in [2.05, 4.69) is 32.2 Å². The Morgan fingerprint density at radius 3 is 2.81 bits per heavy atom. The number of phenolic OH excluding ortho intramolecular Hbond substituents is 2. The average molecular weight is 654 g/mol. The van der Waals surface area contributed by atoms with Gasteiger partial charge in [0, 0.05) is 22.4 Å². The SMILES string of the molecule is C=CCON=C(C(=O)N[C@@H]1C(=O)N2C(C(=O)[O-])=C(CSc3nnc(-c4ccc(O)c(O)c4)o3)CS[C@H]12)c1csc(N)n1.[Na+]. The first-order valence-electron chi connectivity index (χ1n) is 11.9. The number of nitrogen functional groups attached to an aromatic ring is 1. The zero-order valence-electron chi connectivity index (χ0n) is 22.3. The van der Waals surface area contributed by atoms with Crippen molar-refractivity contribution in [1.29, 1.82) is 0 Å². The van der Waals surface area contributed by atoms with E-state index in [-0.39, 0.29) is 92.5 Å². The maximum absolute atomic E-state index is 13.1. The summed E-state index contributed by atoms with van der Waals surface area (Å²) in [6, 6.07) is 2.97. The quantitative estimate of drug-likeness (QED) is 0.0241. The van der Waals surface area contributed by atoms with Gasteiger partial charge in [-0.25, -0.2) is 4.98 Å². The molecule has 2 atom stereocenters. The van der Waals surface area contributed by atoms with E-state index < -0.39 is 29.2 Å². The van der Waals surface area contributed by atoms with Gasteiger partial charge in [-0.15, -0.1) is 33.3 Å². The molecule has 5 N–H and O–H groups in total. The molecule has 15 nitrogen and oxygen atoms in total. The molecule has 5 rings (SSSR count). The van der Waals surface area contributed by atoms with Crippen molar-refractivity contribution in [2.75, 3.05) is 23.8 Å². The molecule has 3 aromatic rings. The number of carboxylic acids is 1. The van der Waals surface area contributed by atoms with Gasteiger partial charge in [0.1, 0.15) is 23.7 Å². The number of carbonyl (C=O) groups is 3. The molecule has 2 aliphatic heterocycles. The number of rotatable bonds is 11. The Kier molecular flexibility index (Phi) is 10.4. The van der Waals surface area contributed by atoms with Gasteiger partial charge in [0.15, 0.2) is 22.3 Å². The first-order valence-corrected chi connectivity index (χ1v) is 14.8. The molecule has 1 fully saturated rings. The van der Waals surface area contributed by atoms with Crippen LogP contribution < -0.4 is 45.7 Å². The summed E-state index contributed by atoms with van der Waals surface area (Å²) < 4.78 is 5.58. The van der Waals surface area contributed by atoms with E-state index in [1.165, 1.54) is 41.4 Å². The third-order valence-electron chi connectivity index (χ3n) is 5.85. The number of amides is 2. The van der Waals surface area contributed by atoms with E-state index in [9.17, 15) is 29.7 Å². The Labute approximate surface area is 277 Å². The van der Waals surface area contributed by atoms with Crippen molar-refractivity contribution in [1.82, 2.24) is 25.4 Å². The summed E-state index contributed by atoms with van der Waals surface area (Å²) in [4.78, 5) is 48.4. The van der Waals surface area contributed by atoms with Gasteiger partial charge in [0.2, 0.25) is 5.89 Å². The van der Waals surface area contributed by atoms with Gasteiger partial charge in [-0.2, -0.15) is 0 Å². The molecule has 0 unspecified atom stereocenters. The molecule has 2 aliphatic rings. The molecule has 218 valence electrons. The van der Waals surface area contributed by atoms with Crippen LogP contribution >= 0.6 is 34.9 Å². The van der Waals surface area contributed by atoms with Crippen LogP contribution in [0.25, 0.3) is 11.5 Å². The van der Waals surface area contributed by atoms with E-state index in [1.807, 2.05) is 0 Å². The maximum Gasteiger partial charge on any atom is 1.00 e. The van der Waals surface area contributed by atoms with Crippen molar-refractivity contribution in [2.24, 2.45) is 5.16 Å². The van der Waals surface area contributed by atoms with Gasteiger partial charge < -0.3 is 40.4 Å². The number of hydrogen-bond acceptors (Lipinski definition) is 16. The van der Waals surface area contributed by atoms with Gasteiger partial charge in [-0.3, -0.25) is 14.5 Å². The number of thiazole rings is 1. The van der Waals surface area contributed by atoms with Crippen molar-refractivity contribution in [2.45, 2.75) is 16.6 Å². The number of thioether (sulfide) groups is 2. The van der Waals surface area contributed by atoms with Gasteiger partial charge in [0.05, 0.1) is 11.7 Å². The molecule has 2 aromatic heterocycles. The summed E-state index contributed by atoms with van der Waals surface area (Å²) in [5.74, 6) is -3.21. The molecular weight excluding hydrogens is 633 g/mol. The van der Waals surface area contributed by atoms with E-state index >= 15 is 0 Å². The summed E-state index contributed by atoms with van der Waals surface area (Å²) in [5, 5.41) is 46.6. The number of β-lactam (4-membered cyclic amide) rings is 1. The van der Waals surface area contributed by atoms with Crippen LogP contribution in [0.2, 0.25) is 0 Å². The van der Waals surface area contributed by atoms with E-state index in [0.717, 1.165) is 28.0 Å². The Hall–Kier alpha value is -3.55. The number of aromatic hydroxyl groups is 2. The Balaban J connectivity index is 0.00000423. The molecule has 0 bridgehead atoms. The van der Waals surface area contributed by atoms with Crippen LogP contribution in [-0.4, -0.2) is 83.3 Å². The molecule has 0 aliphatic carbocycles. The smallest absolute Gasteiger partial charge is 0.543 e. The summed E-state index contributed by atoms with van der Waals surface area (Å²) in [6.45, 7) is 3.54. The van der Waals surface area contributed by atoms with Crippen molar-refractivity contribution in [3.8, 4) is 23.0 Å². The van der Waals surface area contributed by atoms with Gasteiger partial charge >= 0.3 is 29.6 Å². The average Bonchev–Trinajstić information content (AvgIpc) is 3.62.